The molecule has 2 rings (SSSR count). The lowest BCUT2D eigenvalue weighted by Gasteiger charge is -2.25. The summed E-state index contributed by atoms with van der Waals surface area (Å²) in [5, 5.41) is 2.83. The molecule has 0 aromatic rings. The van der Waals surface area contributed by atoms with Crippen molar-refractivity contribution in [3.05, 3.63) is 0 Å². The summed E-state index contributed by atoms with van der Waals surface area (Å²) in [6.07, 6.45) is 4.81. The lowest BCUT2D eigenvalue weighted by molar-refractivity contribution is 0.0427. The molecule has 0 aromatic carbocycles. The highest BCUT2D eigenvalue weighted by Crippen LogP contribution is 2.21. The van der Waals surface area contributed by atoms with E-state index in [2.05, 4.69) is 10.3 Å². The number of hydrogen-bond acceptors (Lipinski definition) is 7. The van der Waals surface area contributed by atoms with Gasteiger partial charge in [0.2, 0.25) is 0 Å². The van der Waals surface area contributed by atoms with Crippen LogP contribution in [0.4, 0.5) is 9.59 Å². The van der Waals surface area contributed by atoms with Gasteiger partial charge in [-0.15, -0.1) is 0 Å². The molecule has 3 unspecified atom stereocenters. The van der Waals surface area contributed by atoms with Crippen molar-refractivity contribution in [2.45, 2.75) is 89.5 Å². The van der Waals surface area contributed by atoms with Gasteiger partial charge in [-0.2, -0.15) is 0 Å². The van der Waals surface area contributed by atoms with Crippen molar-refractivity contribution in [2.75, 3.05) is 13.7 Å². The van der Waals surface area contributed by atoms with E-state index in [0.717, 1.165) is 44.4 Å². The summed E-state index contributed by atoms with van der Waals surface area (Å²) in [7, 11) is 1.66. The Morgan fingerprint density at radius 2 is 2.15 bits per heavy atom. The van der Waals surface area contributed by atoms with Crippen molar-refractivity contribution in [3.8, 4) is 0 Å². The SMILES string of the molecule is COC1=NC(CCCC(NC(=O)OC(C)(C)C)C2COC(=O)O2)CCCC1. The topological polar surface area (TPSA) is 95.5 Å². The number of alkyl carbamates (subject to hydrolysis) is 1. The van der Waals surface area contributed by atoms with Crippen LogP contribution in [0, 0.1) is 0 Å². The monoisotopic (exact) mass is 384 g/mol. The summed E-state index contributed by atoms with van der Waals surface area (Å²) >= 11 is 0. The third-order valence-electron chi connectivity index (χ3n) is 4.56. The molecule has 3 atom stereocenters. The molecule has 0 saturated carbocycles. The molecule has 2 aliphatic rings. The van der Waals surface area contributed by atoms with Crippen LogP contribution in [0.2, 0.25) is 0 Å². The Morgan fingerprint density at radius 1 is 1.37 bits per heavy atom. The molecule has 0 spiro atoms. The fourth-order valence-electron chi connectivity index (χ4n) is 3.28. The Labute approximate surface area is 161 Å². The first-order valence-electron chi connectivity index (χ1n) is 9.70. The Morgan fingerprint density at radius 3 is 2.78 bits per heavy atom. The Kier molecular flexibility index (Phi) is 7.74. The number of carbonyl (C=O) groups excluding carboxylic acids is 2. The number of amides is 1. The Balaban J connectivity index is 1.89. The number of methoxy groups -OCH3 is 1. The van der Waals surface area contributed by atoms with Gasteiger partial charge in [0.1, 0.15) is 12.2 Å². The minimum absolute atomic E-state index is 0.134. The summed E-state index contributed by atoms with van der Waals surface area (Å²) in [6, 6.07) is -0.130. The zero-order valence-electron chi connectivity index (χ0n) is 16.8. The van der Waals surface area contributed by atoms with E-state index in [-0.39, 0.29) is 18.7 Å². The number of rotatable bonds is 6. The van der Waals surface area contributed by atoms with Gasteiger partial charge in [-0.05, 0) is 52.9 Å². The van der Waals surface area contributed by atoms with Crippen molar-refractivity contribution in [1.29, 1.82) is 0 Å². The van der Waals surface area contributed by atoms with Crippen molar-refractivity contribution < 1.29 is 28.5 Å². The minimum Gasteiger partial charge on any atom is -0.484 e. The maximum absolute atomic E-state index is 12.1. The predicted molar refractivity (Wildman–Crippen MR) is 99.9 cm³/mol. The molecule has 1 N–H and O–H groups in total. The van der Waals surface area contributed by atoms with Crippen LogP contribution in [0.3, 0.4) is 0 Å². The van der Waals surface area contributed by atoms with Crippen molar-refractivity contribution in [3.63, 3.8) is 0 Å². The van der Waals surface area contributed by atoms with E-state index in [4.69, 9.17) is 18.9 Å². The van der Waals surface area contributed by atoms with E-state index < -0.39 is 24.0 Å². The minimum atomic E-state index is -0.700. The summed E-state index contributed by atoms with van der Waals surface area (Å²) in [5.41, 5.74) is -0.594. The van der Waals surface area contributed by atoms with E-state index in [0.29, 0.717) is 6.42 Å². The van der Waals surface area contributed by atoms with E-state index in [1.807, 2.05) is 0 Å². The molecule has 8 nitrogen and oxygen atoms in total. The van der Waals surface area contributed by atoms with Crippen LogP contribution >= 0.6 is 0 Å². The van der Waals surface area contributed by atoms with Crippen LogP contribution in [0.1, 0.15) is 65.7 Å². The number of aliphatic imine (C=N–C) groups is 1. The van der Waals surface area contributed by atoms with Crippen LogP contribution in [0.15, 0.2) is 4.99 Å². The quantitative estimate of drug-likeness (QED) is 0.703. The van der Waals surface area contributed by atoms with Gasteiger partial charge in [-0.25, -0.2) is 9.59 Å². The lowest BCUT2D eigenvalue weighted by Crippen LogP contribution is -2.46. The van der Waals surface area contributed by atoms with Gasteiger partial charge in [0.15, 0.2) is 12.0 Å². The summed E-state index contributed by atoms with van der Waals surface area (Å²) in [4.78, 5) is 28.1. The molecular weight excluding hydrogens is 352 g/mol. The average Bonchev–Trinajstić information content (AvgIpc) is 2.87. The first-order chi connectivity index (χ1) is 12.8. The van der Waals surface area contributed by atoms with Gasteiger partial charge < -0.3 is 24.3 Å². The van der Waals surface area contributed by atoms with E-state index in [1.54, 1.807) is 27.9 Å². The zero-order chi connectivity index (χ0) is 19.9. The lowest BCUT2D eigenvalue weighted by atomic mass is 9.99. The van der Waals surface area contributed by atoms with Crippen molar-refractivity contribution >= 4 is 18.1 Å². The highest BCUT2D eigenvalue weighted by Gasteiger charge is 2.34. The fraction of sp³-hybridized carbons (Fsp3) is 0.842. The first-order valence-corrected chi connectivity index (χ1v) is 9.70. The molecule has 0 bridgehead atoms. The molecule has 1 saturated heterocycles. The van der Waals surface area contributed by atoms with E-state index >= 15 is 0 Å². The molecule has 1 amide bonds. The number of nitrogens with one attached hydrogen (secondary N) is 1. The van der Waals surface area contributed by atoms with Gasteiger partial charge in [0, 0.05) is 6.42 Å². The van der Waals surface area contributed by atoms with Crippen LogP contribution in [0.25, 0.3) is 0 Å². The van der Waals surface area contributed by atoms with Crippen LogP contribution in [-0.2, 0) is 18.9 Å². The summed E-state index contributed by atoms with van der Waals surface area (Å²) in [6.45, 7) is 5.54. The van der Waals surface area contributed by atoms with Gasteiger partial charge >= 0.3 is 12.2 Å². The Bertz CT molecular complexity index is 543. The molecule has 154 valence electrons. The highest BCUT2D eigenvalue weighted by molar-refractivity contribution is 5.76. The molecule has 2 heterocycles. The summed E-state index contributed by atoms with van der Waals surface area (Å²) in [5.74, 6) is 0.819. The maximum atomic E-state index is 12.1. The third kappa shape index (κ3) is 7.64. The van der Waals surface area contributed by atoms with Gasteiger partial charge in [-0.1, -0.05) is 6.42 Å². The molecule has 8 heteroatoms. The smallest absolute Gasteiger partial charge is 0.484 e. The van der Waals surface area contributed by atoms with Crippen LogP contribution in [0.5, 0.6) is 0 Å². The van der Waals surface area contributed by atoms with E-state index in [9.17, 15) is 9.59 Å². The fourth-order valence-corrected chi connectivity index (χ4v) is 3.28. The van der Waals surface area contributed by atoms with E-state index in [1.165, 1.54) is 0 Å². The van der Waals surface area contributed by atoms with Crippen molar-refractivity contribution in [1.82, 2.24) is 5.32 Å². The average molecular weight is 384 g/mol. The number of carbonyl (C=O) groups is 2. The molecular formula is C19H32N2O6. The Hall–Kier alpha value is -1.99. The molecule has 1 fully saturated rings. The van der Waals surface area contributed by atoms with Gasteiger partial charge in [0.25, 0.3) is 0 Å². The zero-order valence-corrected chi connectivity index (χ0v) is 16.8. The first kappa shape index (κ1) is 21.3. The number of cyclic esters (lactones) is 2. The van der Waals surface area contributed by atoms with Crippen LogP contribution < -0.4 is 5.32 Å². The number of nitrogens with zero attached hydrogens (tertiary/aromatic N) is 1. The summed E-state index contributed by atoms with van der Waals surface area (Å²) < 4.78 is 20.7. The van der Waals surface area contributed by atoms with Crippen LogP contribution in [-0.4, -0.2) is 55.7 Å². The highest BCUT2D eigenvalue weighted by atomic mass is 16.8. The second kappa shape index (κ2) is 9.80. The standard InChI is InChI=1S/C19H32N2O6/c1-19(2,3)27-17(22)21-14(15-12-25-18(23)26-15)10-7-9-13-8-5-6-11-16(20-13)24-4/h13-15H,5-12H2,1-4H3,(H,21,22). The maximum Gasteiger partial charge on any atom is 0.508 e. The molecule has 2 aliphatic heterocycles. The second-order valence-corrected chi connectivity index (χ2v) is 8.03. The van der Waals surface area contributed by atoms with Gasteiger partial charge in [-0.3, -0.25) is 4.99 Å². The van der Waals surface area contributed by atoms with Crippen molar-refractivity contribution in [2.24, 2.45) is 4.99 Å². The molecule has 0 aliphatic carbocycles. The predicted octanol–water partition coefficient (Wildman–Crippen LogP) is 3.57. The normalized spacial score (nSPS) is 24.1. The second-order valence-electron chi connectivity index (χ2n) is 8.03. The molecule has 0 aromatic heterocycles. The molecule has 27 heavy (non-hydrogen) atoms. The third-order valence-corrected chi connectivity index (χ3v) is 4.56. The van der Waals surface area contributed by atoms with Gasteiger partial charge in [0.05, 0.1) is 19.2 Å². The molecule has 0 radical (unpaired) electrons. The largest absolute Gasteiger partial charge is 0.508 e. The number of ether oxygens (including phenoxy) is 4. The number of hydrogen-bond donors (Lipinski definition) is 1.